The lowest BCUT2D eigenvalue weighted by molar-refractivity contribution is -0.385. The third-order valence-electron chi connectivity index (χ3n) is 4.66. The molecule has 3 aromatic carbocycles. The van der Waals surface area contributed by atoms with E-state index in [0.717, 1.165) is 32.7 Å². The van der Waals surface area contributed by atoms with E-state index in [0.29, 0.717) is 5.69 Å². The third kappa shape index (κ3) is 4.03. The Hall–Kier alpha value is -3.98. The zero-order chi connectivity index (χ0) is 22.0. The van der Waals surface area contributed by atoms with Crippen LogP contribution in [0.1, 0.15) is 16.1 Å². The fraction of sp³-hybridized carbons (Fsp3) is 0. The number of phenolic OH excluding ortho intramolecular Hbond substituents is 1. The molecule has 0 bridgehead atoms. The van der Waals surface area contributed by atoms with Crippen molar-refractivity contribution in [3.63, 3.8) is 0 Å². The maximum absolute atomic E-state index is 12.9. The number of halogens is 1. The first kappa shape index (κ1) is 20.3. The predicted molar refractivity (Wildman–Crippen MR) is 121 cm³/mol. The third-order valence-corrected chi connectivity index (χ3v) is 5.16. The van der Waals surface area contributed by atoms with Gasteiger partial charge < -0.3 is 10.1 Å². The Morgan fingerprint density at radius 3 is 2.65 bits per heavy atom. The second-order valence-corrected chi connectivity index (χ2v) is 7.52. The van der Waals surface area contributed by atoms with Crippen molar-refractivity contribution in [1.82, 2.24) is 10.4 Å². The van der Waals surface area contributed by atoms with Crippen LogP contribution in [0.3, 0.4) is 0 Å². The number of phenols is 1. The summed E-state index contributed by atoms with van der Waals surface area (Å²) in [6.07, 6.45) is 1.15. The average Bonchev–Trinajstić information content (AvgIpc) is 3.14. The second-order valence-electron chi connectivity index (χ2n) is 6.60. The van der Waals surface area contributed by atoms with Crippen molar-refractivity contribution < 1.29 is 14.8 Å². The van der Waals surface area contributed by atoms with Crippen molar-refractivity contribution >= 4 is 44.6 Å². The fourth-order valence-corrected chi connectivity index (χ4v) is 3.62. The van der Waals surface area contributed by atoms with Crippen molar-refractivity contribution in [2.24, 2.45) is 5.10 Å². The number of aromatic hydroxyl groups is 1. The quantitative estimate of drug-likeness (QED) is 0.213. The van der Waals surface area contributed by atoms with E-state index in [1.54, 1.807) is 0 Å². The second kappa shape index (κ2) is 8.41. The van der Waals surface area contributed by atoms with Gasteiger partial charge in [0.15, 0.2) is 0 Å². The van der Waals surface area contributed by atoms with E-state index in [4.69, 9.17) is 0 Å². The lowest BCUT2D eigenvalue weighted by atomic mass is 10.0. The molecule has 0 aliphatic rings. The summed E-state index contributed by atoms with van der Waals surface area (Å²) in [6, 6.07) is 19.2. The highest BCUT2D eigenvalue weighted by molar-refractivity contribution is 9.10. The van der Waals surface area contributed by atoms with Crippen LogP contribution in [0.5, 0.6) is 5.75 Å². The molecule has 4 aromatic rings. The molecular weight excluding hydrogens is 464 g/mol. The maximum Gasteiger partial charge on any atom is 0.311 e. The number of fused-ring (bicyclic) bond motifs is 1. The summed E-state index contributed by atoms with van der Waals surface area (Å²) in [7, 11) is 0. The molecule has 1 aromatic heterocycles. The first-order valence-corrected chi connectivity index (χ1v) is 9.91. The molecule has 0 aliphatic heterocycles. The summed E-state index contributed by atoms with van der Waals surface area (Å²) < 4.78 is 0.877. The minimum Gasteiger partial charge on any atom is -0.502 e. The number of para-hydroxylation sites is 1. The van der Waals surface area contributed by atoms with Crippen LogP contribution in [0.4, 0.5) is 5.69 Å². The molecular formula is C22H15BrN4O4. The SMILES string of the molecule is O=C(N/N=C/c1cccc([N+](=O)[O-])c1O)c1[nH]c2ccc(Br)cc2c1-c1ccccc1. The number of H-pyrrole nitrogens is 1. The molecule has 1 heterocycles. The number of hydrazone groups is 1. The van der Waals surface area contributed by atoms with Gasteiger partial charge in [0.05, 0.1) is 11.1 Å². The normalized spacial score (nSPS) is 11.1. The number of nitrogens with one attached hydrogen (secondary N) is 2. The predicted octanol–water partition coefficient (Wildman–Crippen LogP) is 4.98. The number of hydrogen-bond donors (Lipinski definition) is 3. The number of carbonyl (C=O) groups is 1. The Bertz CT molecular complexity index is 1330. The number of aromatic amines is 1. The van der Waals surface area contributed by atoms with Crippen LogP contribution in [-0.2, 0) is 0 Å². The lowest BCUT2D eigenvalue weighted by Gasteiger charge is -2.05. The van der Waals surface area contributed by atoms with Crippen LogP contribution < -0.4 is 5.43 Å². The zero-order valence-corrected chi connectivity index (χ0v) is 17.5. The Morgan fingerprint density at radius 1 is 1.13 bits per heavy atom. The van der Waals surface area contributed by atoms with Crippen molar-refractivity contribution in [3.05, 3.63) is 92.6 Å². The highest BCUT2D eigenvalue weighted by Crippen LogP contribution is 2.34. The molecule has 0 atom stereocenters. The van der Waals surface area contributed by atoms with E-state index >= 15 is 0 Å². The van der Waals surface area contributed by atoms with Crippen molar-refractivity contribution in [3.8, 4) is 16.9 Å². The first-order valence-electron chi connectivity index (χ1n) is 9.12. The van der Waals surface area contributed by atoms with Gasteiger partial charge in [-0.15, -0.1) is 0 Å². The molecule has 0 aliphatic carbocycles. The van der Waals surface area contributed by atoms with Gasteiger partial charge in [0, 0.05) is 32.6 Å². The number of nitrogens with zero attached hydrogens (tertiary/aromatic N) is 2. The van der Waals surface area contributed by atoms with Gasteiger partial charge in [-0.3, -0.25) is 14.9 Å². The van der Waals surface area contributed by atoms with Crippen LogP contribution in [0.25, 0.3) is 22.0 Å². The summed E-state index contributed by atoms with van der Waals surface area (Å²) in [5.41, 5.74) is 4.77. The number of carbonyl (C=O) groups excluding carboxylic acids is 1. The summed E-state index contributed by atoms with van der Waals surface area (Å²) in [4.78, 5) is 26.3. The molecule has 8 nitrogen and oxygen atoms in total. The number of hydrogen-bond acceptors (Lipinski definition) is 5. The molecule has 0 fully saturated rings. The molecule has 9 heteroatoms. The minimum atomic E-state index is -0.694. The van der Waals surface area contributed by atoms with E-state index in [9.17, 15) is 20.0 Å². The molecule has 0 unspecified atom stereocenters. The van der Waals surface area contributed by atoms with Crippen molar-refractivity contribution in [2.45, 2.75) is 0 Å². The maximum atomic E-state index is 12.9. The first-order chi connectivity index (χ1) is 15.0. The van der Waals surface area contributed by atoms with Gasteiger partial charge in [-0.25, -0.2) is 5.43 Å². The summed E-state index contributed by atoms with van der Waals surface area (Å²) in [5, 5.41) is 25.7. The van der Waals surface area contributed by atoms with Gasteiger partial charge in [-0.1, -0.05) is 52.3 Å². The van der Waals surface area contributed by atoms with Crippen LogP contribution in [0.2, 0.25) is 0 Å². The number of rotatable bonds is 5. The van der Waals surface area contributed by atoms with E-state index < -0.39 is 22.3 Å². The Labute approximate surface area is 184 Å². The smallest absolute Gasteiger partial charge is 0.311 e. The van der Waals surface area contributed by atoms with E-state index in [1.165, 1.54) is 18.2 Å². The highest BCUT2D eigenvalue weighted by Gasteiger charge is 2.19. The molecule has 154 valence electrons. The number of aromatic nitrogens is 1. The van der Waals surface area contributed by atoms with Gasteiger partial charge in [-0.2, -0.15) is 5.10 Å². The topological polar surface area (TPSA) is 121 Å². The van der Waals surface area contributed by atoms with Crippen LogP contribution in [0.15, 0.2) is 76.3 Å². The lowest BCUT2D eigenvalue weighted by Crippen LogP contribution is -2.18. The molecule has 0 spiro atoms. The summed E-state index contributed by atoms with van der Waals surface area (Å²) in [5.74, 6) is -1.02. The Balaban J connectivity index is 1.68. The molecule has 0 radical (unpaired) electrons. The highest BCUT2D eigenvalue weighted by atomic mass is 79.9. The van der Waals surface area contributed by atoms with Gasteiger partial charge in [-0.05, 0) is 29.8 Å². The fourth-order valence-electron chi connectivity index (χ4n) is 3.26. The minimum absolute atomic E-state index is 0.110. The molecule has 0 saturated carbocycles. The number of benzene rings is 3. The van der Waals surface area contributed by atoms with Crippen LogP contribution in [0, 0.1) is 10.1 Å². The monoisotopic (exact) mass is 478 g/mol. The van der Waals surface area contributed by atoms with Gasteiger partial charge in [0.2, 0.25) is 5.75 Å². The van der Waals surface area contributed by atoms with Gasteiger partial charge in [0.25, 0.3) is 5.91 Å². The van der Waals surface area contributed by atoms with E-state index in [-0.39, 0.29) is 5.56 Å². The van der Waals surface area contributed by atoms with E-state index in [2.05, 4.69) is 31.4 Å². The molecule has 0 saturated heterocycles. The van der Waals surface area contributed by atoms with Crippen LogP contribution >= 0.6 is 15.9 Å². The van der Waals surface area contributed by atoms with Crippen LogP contribution in [-0.4, -0.2) is 27.1 Å². The number of nitro groups is 1. The summed E-state index contributed by atoms with van der Waals surface area (Å²) in [6.45, 7) is 0. The Kier molecular flexibility index (Phi) is 5.50. The van der Waals surface area contributed by atoms with Gasteiger partial charge in [0.1, 0.15) is 5.69 Å². The standard InChI is InChI=1S/C22H15BrN4O4/c23-15-9-10-17-16(11-15)19(13-5-2-1-3-6-13)20(25-17)22(29)26-24-12-14-7-4-8-18(21(14)28)27(30)31/h1-12,25,28H,(H,26,29)/b24-12+. The van der Waals surface area contributed by atoms with Crippen molar-refractivity contribution in [1.29, 1.82) is 0 Å². The molecule has 4 rings (SSSR count). The molecule has 1 amide bonds. The van der Waals surface area contributed by atoms with Crippen molar-refractivity contribution in [2.75, 3.05) is 0 Å². The number of amides is 1. The molecule has 3 N–H and O–H groups in total. The van der Waals surface area contributed by atoms with Gasteiger partial charge >= 0.3 is 5.69 Å². The number of nitro benzene ring substituents is 1. The molecule has 31 heavy (non-hydrogen) atoms. The Morgan fingerprint density at radius 2 is 1.90 bits per heavy atom. The van der Waals surface area contributed by atoms with E-state index in [1.807, 2.05) is 48.5 Å². The largest absolute Gasteiger partial charge is 0.502 e. The average molecular weight is 479 g/mol. The summed E-state index contributed by atoms with van der Waals surface area (Å²) >= 11 is 3.47. The zero-order valence-electron chi connectivity index (χ0n) is 15.9.